The van der Waals surface area contributed by atoms with Crippen molar-refractivity contribution in [1.29, 1.82) is 0 Å². The lowest BCUT2D eigenvalue weighted by molar-refractivity contribution is -0.214. The van der Waals surface area contributed by atoms with Gasteiger partial charge in [-0.3, -0.25) is 4.79 Å². The Morgan fingerprint density at radius 3 is 2.83 bits per heavy atom. The predicted octanol–water partition coefficient (Wildman–Crippen LogP) is 4.63. The van der Waals surface area contributed by atoms with Crippen LogP contribution in [0.4, 0.5) is 0 Å². The Bertz CT molecular complexity index is 966. The SMILES string of the molecule is CCCC(=O)C1CC23C=CC1(OC)C1Oc4c(OC)ccc5c4C12CCC(C)C3C5. The lowest BCUT2D eigenvalue weighted by Crippen LogP contribution is -2.76. The number of fused-ring (bicyclic) bond motifs is 1. The fourth-order valence-electron chi connectivity index (χ4n) is 8.39. The summed E-state index contributed by atoms with van der Waals surface area (Å²) in [4.78, 5) is 13.4. The van der Waals surface area contributed by atoms with E-state index in [9.17, 15) is 4.79 Å². The molecule has 1 heterocycles. The van der Waals surface area contributed by atoms with Crippen LogP contribution in [0, 0.1) is 23.2 Å². The molecule has 2 saturated carbocycles. The average Bonchev–Trinajstić information content (AvgIpc) is 3.13. The molecule has 2 fully saturated rings. The van der Waals surface area contributed by atoms with Crippen molar-refractivity contribution >= 4 is 5.78 Å². The summed E-state index contributed by atoms with van der Waals surface area (Å²) in [6, 6.07) is 4.32. The molecule has 2 spiro atoms. The predicted molar refractivity (Wildman–Crippen MR) is 114 cm³/mol. The van der Waals surface area contributed by atoms with Crippen LogP contribution in [0.15, 0.2) is 24.3 Å². The highest BCUT2D eigenvalue weighted by atomic mass is 16.6. The van der Waals surface area contributed by atoms with Crippen molar-refractivity contribution < 1.29 is 19.0 Å². The van der Waals surface area contributed by atoms with Crippen LogP contribution in [-0.2, 0) is 21.4 Å². The lowest BCUT2D eigenvalue weighted by Gasteiger charge is -2.70. The smallest absolute Gasteiger partial charge is 0.166 e. The Labute approximate surface area is 179 Å². The molecule has 0 amide bonds. The van der Waals surface area contributed by atoms with E-state index in [1.165, 1.54) is 17.5 Å². The van der Waals surface area contributed by atoms with Gasteiger partial charge in [-0.05, 0) is 55.6 Å². The fourth-order valence-corrected chi connectivity index (χ4v) is 8.39. The van der Waals surface area contributed by atoms with Gasteiger partial charge in [0.1, 0.15) is 17.5 Å². The zero-order chi connectivity index (χ0) is 20.9. The van der Waals surface area contributed by atoms with Crippen LogP contribution in [0.3, 0.4) is 0 Å². The summed E-state index contributed by atoms with van der Waals surface area (Å²) in [6.07, 6.45) is 10.2. The van der Waals surface area contributed by atoms with Crippen molar-refractivity contribution in [3.8, 4) is 11.5 Å². The van der Waals surface area contributed by atoms with Crippen LogP contribution in [0.25, 0.3) is 0 Å². The summed E-state index contributed by atoms with van der Waals surface area (Å²) in [5.74, 6) is 3.09. The highest BCUT2D eigenvalue weighted by Crippen LogP contribution is 2.77. The number of hydrogen-bond acceptors (Lipinski definition) is 4. The Morgan fingerprint density at radius 2 is 2.10 bits per heavy atom. The Balaban J connectivity index is 1.65. The second kappa shape index (κ2) is 5.91. The third-order valence-corrected chi connectivity index (χ3v) is 9.55. The number of allylic oxidation sites excluding steroid dienone is 1. The van der Waals surface area contributed by atoms with Crippen LogP contribution in [-0.4, -0.2) is 31.7 Å². The van der Waals surface area contributed by atoms with Gasteiger partial charge in [0.25, 0.3) is 0 Å². The number of benzene rings is 1. The van der Waals surface area contributed by atoms with Crippen molar-refractivity contribution in [3.63, 3.8) is 0 Å². The molecule has 7 atom stereocenters. The first-order valence-electron chi connectivity index (χ1n) is 11.6. The second-order valence-corrected chi connectivity index (χ2v) is 10.3. The number of ether oxygens (including phenoxy) is 3. The summed E-state index contributed by atoms with van der Waals surface area (Å²) < 4.78 is 18.9. The van der Waals surface area contributed by atoms with E-state index in [2.05, 4.69) is 38.1 Å². The standard InChI is InChI=1S/C26H32O4/c1-5-6-19(27)18-14-24-11-12-26(18,29-4)23-25(24)10-9-15(2)17(24)13-16-7-8-20(28-3)22(30-23)21(16)25/h7-8,11-12,15,17-18,23H,5-6,9-10,13-14H2,1-4H3. The van der Waals surface area contributed by atoms with Crippen molar-refractivity contribution in [2.24, 2.45) is 23.2 Å². The number of carbonyl (C=O) groups is 1. The second-order valence-electron chi connectivity index (χ2n) is 10.3. The first-order chi connectivity index (χ1) is 14.5. The lowest BCUT2D eigenvalue weighted by atomic mass is 9.33. The quantitative estimate of drug-likeness (QED) is 0.667. The molecule has 7 rings (SSSR count). The summed E-state index contributed by atoms with van der Waals surface area (Å²) in [5.41, 5.74) is 1.93. The highest BCUT2D eigenvalue weighted by Gasteiger charge is 2.79. The number of carbonyl (C=O) groups excluding carboxylic acids is 1. The van der Waals surface area contributed by atoms with Gasteiger partial charge in [0.15, 0.2) is 11.5 Å². The van der Waals surface area contributed by atoms with Gasteiger partial charge in [0.2, 0.25) is 0 Å². The van der Waals surface area contributed by atoms with Gasteiger partial charge in [0, 0.05) is 29.9 Å². The van der Waals surface area contributed by atoms with Gasteiger partial charge in [-0.1, -0.05) is 32.1 Å². The maximum atomic E-state index is 13.4. The first kappa shape index (κ1) is 18.9. The molecule has 1 aromatic carbocycles. The van der Waals surface area contributed by atoms with E-state index in [0.29, 0.717) is 24.0 Å². The maximum Gasteiger partial charge on any atom is 0.166 e. The number of ketones is 1. The third kappa shape index (κ3) is 1.80. The Morgan fingerprint density at radius 1 is 1.27 bits per heavy atom. The van der Waals surface area contributed by atoms with Gasteiger partial charge >= 0.3 is 0 Å². The molecule has 0 N–H and O–H groups in total. The van der Waals surface area contributed by atoms with E-state index >= 15 is 0 Å². The highest BCUT2D eigenvalue weighted by molar-refractivity contribution is 5.84. The van der Waals surface area contributed by atoms with Crippen LogP contribution in [0.5, 0.6) is 11.5 Å². The molecule has 0 aromatic heterocycles. The minimum Gasteiger partial charge on any atom is -0.493 e. The molecule has 1 aliphatic heterocycles. The number of methoxy groups -OCH3 is 2. The molecule has 30 heavy (non-hydrogen) atoms. The summed E-state index contributed by atoms with van der Waals surface area (Å²) >= 11 is 0. The van der Waals surface area contributed by atoms with Crippen LogP contribution < -0.4 is 9.47 Å². The van der Waals surface area contributed by atoms with Crippen LogP contribution in [0.2, 0.25) is 0 Å². The zero-order valence-corrected chi connectivity index (χ0v) is 18.5. The Hall–Kier alpha value is -1.81. The van der Waals surface area contributed by atoms with E-state index in [-0.39, 0.29) is 22.9 Å². The zero-order valence-electron chi connectivity index (χ0n) is 18.5. The van der Waals surface area contributed by atoms with Crippen molar-refractivity contribution in [2.45, 2.75) is 69.5 Å². The normalized spacial score (nSPS) is 43.9. The summed E-state index contributed by atoms with van der Waals surface area (Å²) in [6.45, 7) is 4.50. The number of hydrogen-bond donors (Lipinski definition) is 0. The molecule has 1 aromatic rings. The van der Waals surface area contributed by atoms with E-state index in [0.717, 1.165) is 37.2 Å². The third-order valence-electron chi connectivity index (χ3n) is 9.55. The Kier molecular flexibility index (Phi) is 3.73. The molecule has 160 valence electrons. The minimum absolute atomic E-state index is 0.0334. The molecule has 5 aliphatic carbocycles. The van der Waals surface area contributed by atoms with Crippen molar-refractivity contribution in [2.75, 3.05) is 14.2 Å². The molecule has 0 radical (unpaired) electrons. The number of rotatable bonds is 5. The number of Topliss-reactive ketones (excluding diaryl/α,β-unsaturated/α-hetero) is 1. The molecule has 4 bridgehead atoms. The van der Waals surface area contributed by atoms with Gasteiger partial charge in [0.05, 0.1) is 13.0 Å². The molecule has 6 aliphatic rings. The van der Waals surface area contributed by atoms with Gasteiger partial charge in [-0.2, -0.15) is 0 Å². The summed E-state index contributed by atoms with van der Waals surface area (Å²) in [7, 11) is 3.49. The molecular formula is C26H32O4. The molecule has 7 unspecified atom stereocenters. The first-order valence-corrected chi connectivity index (χ1v) is 11.6. The average molecular weight is 409 g/mol. The fraction of sp³-hybridized carbons (Fsp3) is 0.654. The topological polar surface area (TPSA) is 44.8 Å². The van der Waals surface area contributed by atoms with E-state index in [4.69, 9.17) is 14.2 Å². The van der Waals surface area contributed by atoms with Gasteiger partial charge < -0.3 is 14.2 Å². The molecule has 4 heteroatoms. The largest absolute Gasteiger partial charge is 0.493 e. The maximum absolute atomic E-state index is 13.4. The van der Waals surface area contributed by atoms with E-state index in [1.54, 1.807) is 14.2 Å². The van der Waals surface area contributed by atoms with Crippen LogP contribution in [0.1, 0.15) is 57.1 Å². The molecule has 0 saturated heterocycles. The van der Waals surface area contributed by atoms with E-state index in [1.807, 2.05) is 0 Å². The molecular weight excluding hydrogens is 376 g/mol. The minimum atomic E-state index is -0.697. The van der Waals surface area contributed by atoms with Crippen molar-refractivity contribution in [3.05, 3.63) is 35.4 Å². The van der Waals surface area contributed by atoms with Crippen LogP contribution >= 0.6 is 0 Å². The monoisotopic (exact) mass is 408 g/mol. The van der Waals surface area contributed by atoms with E-state index < -0.39 is 5.60 Å². The van der Waals surface area contributed by atoms with Crippen molar-refractivity contribution in [1.82, 2.24) is 0 Å². The molecule has 4 nitrogen and oxygen atoms in total. The summed E-state index contributed by atoms with van der Waals surface area (Å²) in [5, 5.41) is 0. The van der Waals surface area contributed by atoms with Gasteiger partial charge in [-0.15, -0.1) is 0 Å². The van der Waals surface area contributed by atoms with Gasteiger partial charge in [-0.25, -0.2) is 0 Å².